The second-order valence-electron chi connectivity index (χ2n) is 7.54. The Morgan fingerprint density at radius 2 is 2.21 bits per heavy atom. The first-order chi connectivity index (χ1) is 13.6. The predicted octanol–water partition coefficient (Wildman–Crippen LogP) is 4.15. The number of hydrogen-bond acceptors (Lipinski definition) is 5. The number of guanidine groups is 1. The minimum absolute atomic E-state index is 0. The van der Waals surface area contributed by atoms with Crippen LogP contribution in [0.4, 0.5) is 0 Å². The van der Waals surface area contributed by atoms with Gasteiger partial charge in [-0.05, 0) is 71.0 Å². The number of aliphatic imine (C=N–C) groups is 1. The lowest BCUT2D eigenvalue weighted by Gasteiger charge is -2.38. The van der Waals surface area contributed by atoms with Crippen molar-refractivity contribution in [3.63, 3.8) is 0 Å². The molecule has 0 spiro atoms. The molecular formula is C21H34IN5OS. The highest BCUT2D eigenvalue weighted by Gasteiger charge is 2.31. The molecule has 0 aliphatic carbocycles. The quantitative estimate of drug-likeness (QED) is 0.319. The van der Waals surface area contributed by atoms with Gasteiger partial charge in [-0.1, -0.05) is 11.2 Å². The van der Waals surface area contributed by atoms with Gasteiger partial charge in [-0.3, -0.25) is 9.89 Å². The van der Waals surface area contributed by atoms with Gasteiger partial charge in [0, 0.05) is 36.1 Å². The van der Waals surface area contributed by atoms with E-state index in [4.69, 9.17) is 9.52 Å². The van der Waals surface area contributed by atoms with Crippen molar-refractivity contribution in [3.8, 4) is 0 Å². The van der Waals surface area contributed by atoms with E-state index in [1.807, 2.05) is 25.2 Å². The molecule has 29 heavy (non-hydrogen) atoms. The molecule has 8 heteroatoms. The molecule has 2 atom stereocenters. The molecule has 3 rings (SSSR count). The summed E-state index contributed by atoms with van der Waals surface area (Å²) in [6, 6.07) is 4.90. The topological polar surface area (TPSA) is 65.7 Å². The molecule has 2 aromatic rings. The molecule has 0 aromatic carbocycles. The van der Waals surface area contributed by atoms with Crippen molar-refractivity contribution in [3.05, 3.63) is 39.4 Å². The van der Waals surface area contributed by atoms with Crippen LogP contribution in [0.1, 0.15) is 47.7 Å². The van der Waals surface area contributed by atoms with E-state index in [0.717, 1.165) is 43.5 Å². The lowest BCUT2D eigenvalue weighted by atomic mass is 9.88. The second kappa shape index (κ2) is 11.9. The Morgan fingerprint density at radius 3 is 2.86 bits per heavy atom. The molecule has 2 unspecified atom stereocenters. The van der Waals surface area contributed by atoms with Crippen LogP contribution < -0.4 is 10.6 Å². The number of likely N-dealkylation sites (tertiary alicyclic amines) is 1. The Labute approximate surface area is 195 Å². The van der Waals surface area contributed by atoms with Crippen molar-refractivity contribution in [2.24, 2.45) is 10.9 Å². The molecule has 0 amide bonds. The van der Waals surface area contributed by atoms with Gasteiger partial charge in [-0.15, -0.1) is 35.3 Å². The van der Waals surface area contributed by atoms with Crippen LogP contribution in [0.5, 0.6) is 0 Å². The maximum absolute atomic E-state index is 5.26. The van der Waals surface area contributed by atoms with Crippen molar-refractivity contribution in [2.45, 2.75) is 46.1 Å². The summed E-state index contributed by atoms with van der Waals surface area (Å²) in [5.74, 6) is 2.35. The summed E-state index contributed by atoms with van der Waals surface area (Å²) in [5.41, 5.74) is 2.17. The molecule has 0 saturated carbocycles. The minimum atomic E-state index is 0. The van der Waals surface area contributed by atoms with E-state index in [-0.39, 0.29) is 24.0 Å². The summed E-state index contributed by atoms with van der Waals surface area (Å²) in [6.45, 7) is 9.75. The number of aryl methyl sites for hydroxylation is 2. The third-order valence-corrected chi connectivity index (χ3v) is 6.46. The zero-order valence-electron chi connectivity index (χ0n) is 17.9. The first-order valence-corrected chi connectivity index (χ1v) is 11.2. The first-order valence-electron chi connectivity index (χ1n) is 10.3. The lowest BCUT2D eigenvalue weighted by molar-refractivity contribution is 0.128. The predicted molar refractivity (Wildman–Crippen MR) is 131 cm³/mol. The number of hydrogen-bond donors (Lipinski definition) is 2. The number of rotatable bonds is 7. The van der Waals surface area contributed by atoms with Gasteiger partial charge in [-0.25, -0.2) is 0 Å². The zero-order valence-corrected chi connectivity index (χ0v) is 21.0. The maximum atomic E-state index is 5.26. The first kappa shape index (κ1) is 24.1. The van der Waals surface area contributed by atoms with Crippen LogP contribution in [0.3, 0.4) is 0 Å². The third kappa shape index (κ3) is 6.42. The Bertz CT molecular complexity index is 742. The minimum Gasteiger partial charge on any atom is -0.361 e. The van der Waals surface area contributed by atoms with Gasteiger partial charge in [0.25, 0.3) is 0 Å². The van der Waals surface area contributed by atoms with Crippen LogP contribution in [0, 0.1) is 19.8 Å². The van der Waals surface area contributed by atoms with E-state index >= 15 is 0 Å². The van der Waals surface area contributed by atoms with Gasteiger partial charge in [-0.2, -0.15) is 0 Å². The Morgan fingerprint density at radius 1 is 1.38 bits per heavy atom. The Hall–Kier alpha value is -1.13. The van der Waals surface area contributed by atoms with Crippen LogP contribution in [-0.4, -0.2) is 49.2 Å². The largest absolute Gasteiger partial charge is 0.361 e. The van der Waals surface area contributed by atoms with Gasteiger partial charge >= 0.3 is 0 Å². The number of aromatic nitrogens is 1. The van der Waals surface area contributed by atoms with Crippen LogP contribution >= 0.6 is 35.3 Å². The van der Waals surface area contributed by atoms with Gasteiger partial charge in [0.2, 0.25) is 0 Å². The summed E-state index contributed by atoms with van der Waals surface area (Å²) in [5, 5.41) is 13.1. The monoisotopic (exact) mass is 531 g/mol. The zero-order chi connectivity index (χ0) is 19.9. The molecule has 6 nitrogen and oxygen atoms in total. The summed E-state index contributed by atoms with van der Waals surface area (Å²) < 4.78 is 5.26. The highest BCUT2D eigenvalue weighted by Crippen LogP contribution is 2.37. The van der Waals surface area contributed by atoms with Crippen molar-refractivity contribution in [1.82, 2.24) is 20.7 Å². The summed E-state index contributed by atoms with van der Waals surface area (Å²) >= 11 is 1.86. The molecule has 0 radical (unpaired) electrons. The molecular weight excluding hydrogens is 497 g/mol. The summed E-state index contributed by atoms with van der Waals surface area (Å²) in [6.07, 6.45) is 3.36. The highest BCUT2D eigenvalue weighted by atomic mass is 127. The van der Waals surface area contributed by atoms with Gasteiger partial charge in [0.05, 0.1) is 5.69 Å². The molecule has 1 aliphatic heterocycles. The molecule has 2 aromatic heterocycles. The lowest BCUT2D eigenvalue weighted by Crippen LogP contribution is -2.40. The van der Waals surface area contributed by atoms with Gasteiger partial charge in [0.15, 0.2) is 5.96 Å². The van der Waals surface area contributed by atoms with Crippen LogP contribution in [0.2, 0.25) is 0 Å². The average molecular weight is 532 g/mol. The Kier molecular flexibility index (Phi) is 9.91. The number of thiophene rings is 1. The molecule has 3 heterocycles. The molecule has 2 N–H and O–H groups in total. The summed E-state index contributed by atoms with van der Waals surface area (Å²) in [7, 11) is 2.24. The smallest absolute Gasteiger partial charge is 0.191 e. The fourth-order valence-corrected chi connectivity index (χ4v) is 5.06. The van der Waals surface area contributed by atoms with E-state index in [9.17, 15) is 0 Å². The van der Waals surface area contributed by atoms with Crippen LogP contribution in [0.25, 0.3) is 0 Å². The maximum Gasteiger partial charge on any atom is 0.191 e. The molecule has 162 valence electrons. The van der Waals surface area contributed by atoms with Crippen molar-refractivity contribution in [2.75, 3.05) is 33.2 Å². The number of piperidine rings is 1. The molecule has 1 fully saturated rings. The third-order valence-electron chi connectivity index (χ3n) is 5.52. The van der Waals surface area contributed by atoms with E-state index in [1.165, 1.54) is 29.8 Å². The standard InChI is InChI=1S/C21H33N5OS.HI/c1-5-22-21(23-11-10-18-15(2)25-27-16(18)3)24-14-17-8-6-12-26(4)20(17)19-9-7-13-28-19;/h7,9,13,17,20H,5-6,8,10-12,14H2,1-4H3,(H2,22,23,24);1H. The van der Waals surface area contributed by atoms with E-state index in [0.29, 0.717) is 12.0 Å². The number of nitrogens with one attached hydrogen (secondary N) is 2. The van der Waals surface area contributed by atoms with Crippen LogP contribution in [-0.2, 0) is 6.42 Å². The van der Waals surface area contributed by atoms with Crippen molar-refractivity contribution < 1.29 is 4.52 Å². The van der Waals surface area contributed by atoms with Gasteiger partial charge in [0.1, 0.15) is 5.76 Å². The average Bonchev–Trinajstić information content (AvgIpc) is 3.31. The molecule has 0 bridgehead atoms. The number of nitrogens with zero attached hydrogens (tertiary/aromatic N) is 3. The SMILES string of the molecule is CCNC(=NCC1CCCN(C)C1c1cccs1)NCCc1c(C)noc1C.I. The molecule has 1 aliphatic rings. The molecule has 1 saturated heterocycles. The normalized spacial score (nSPS) is 20.3. The fourth-order valence-electron chi connectivity index (χ4n) is 4.07. The second-order valence-corrected chi connectivity index (χ2v) is 8.52. The van der Waals surface area contributed by atoms with Gasteiger partial charge < -0.3 is 15.2 Å². The fraction of sp³-hybridized carbons (Fsp3) is 0.619. The summed E-state index contributed by atoms with van der Waals surface area (Å²) in [4.78, 5) is 8.88. The van der Waals surface area contributed by atoms with E-state index in [2.05, 4.69) is 52.2 Å². The van der Waals surface area contributed by atoms with E-state index in [1.54, 1.807) is 0 Å². The number of halogens is 1. The van der Waals surface area contributed by atoms with Crippen molar-refractivity contribution >= 4 is 41.3 Å². The van der Waals surface area contributed by atoms with E-state index < -0.39 is 0 Å². The van der Waals surface area contributed by atoms with Crippen LogP contribution in [0.15, 0.2) is 27.0 Å². The van der Waals surface area contributed by atoms with Crippen molar-refractivity contribution in [1.29, 1.82) is 0 Å². The Balaban J connectivity index is 0.00000300. The highest BCUT2D eigenvalue weighted by molar-refractivity contribution is 14.0.